The van der Waals surface area contributed by atoms with Gasteiger partial charge in [-0.2, -0.15) is 0 Å². The van der Waals surface area contributed by atoms with E-state index in [0.29, 0.717) is 23.1 Å². The maximum Gasteiger partial charge on any atom is 0.313 e. The van der Waals surface area contributed by atoms with E-state index in [-0.39, 0.29) is 18.1 Å². The third-order valence-electron chi connectivity index (χ3n) is 2.80. The quantitative estimate of drug-likeness (QED) is 0.759. The Morgan fingerprint density at radius 3 is 2.86 bits per heavy atom. The van der Waals surface area contributed by atoms with Gasteiger partial charge in [-0.1, -0.05) is 23.4 Å². The van der Waals surface area contributed by atoms with Crippen LogP contribution in [0.5, 0.6) is 0 Å². The average molecular weight is 328 g/mol. The maximum absolute atomic E-state index is 10.8. The lowest BCUT2D eigenvalue weighted by molar-refractivity contribution is -0.133. The summed E-state index contributed by atoms with van der Waals surface area (Å²) in [7, 11) is 0. The zero-order valence-corrected chi connectivity index (χ0v) is 12.7. The van der Waals surface area contributed by atoms with Crippen LogP contribution < -0.4 is 5.73 Å². The zero-order chi connectivity index (χ0) is 15.4. The van der Waals surface area contributed by atoms with Crippen LogP contribution in [-0.2, 0) is 16.1 Å². The second-order valence-corrected chi connectivity index (χ2v) is 5.81. The van der Waals surface area contributed by atoms with Crippen molar-refractivity contribution in [3.8, 4) is 0 Å². The van der Waals surface area contributed by atoms with Crippen molar-refractivity contribution >= 4 is 46.3 Å². The Kier molecular flexibility index (Phi) is 5.08. The Labute approximate surface area is 130 Å². The Morgan fingerprint density at radius 1 is 1.43 bits per heavy atom. The molecule has 0 fully saturated rings. The maximum atomic E-state index is 10.8. The highest BCUT2D eigenvalue weighted by Gasteiger charge is 2.13. The molecule has 0 atom stereocenters. The van der Waals surface area contributed by atoms with Gasteiger partial charge in [-0.15, -0.1) is 0 Å². The monoisotopic (exact) mass is 327 g/mol. The highest BCUT2D eigenvalue weighted by atomic mass is 35.5. The number of hydrogen-bond donors (Lipinski definition) is 2. The molecule has 0 aliphatic heterocycles. The van der Waals surface area contributed by atoms with Crippen molar-refractivity contribution in [2.24, 2.45) is 5.73 Å². The number of aliphatic carboxylic acids is 1. The molecule has 0 unspecified atom stereocenters. The number of carboxylic acids is 1. The van der Waals surface area contributed by atoms with E-state index in [0.717, 1.165) is 22.8 Å². The van der Waals surface area contributed by atoms with Gasteiger partial charge in [-0.05, 0) is 24.6 Å². The van der Waals surface area contributed by atoms with E-state index >= 15 is 0 Å². The van der Waals surface area contributed by atoms with Gasteiger partial charge in [0.1, 0.15) is 0 Å². The molecule has 1 heterocycles. The minimum atomic E-state index is -0.909. The van der Waals surface area contributed by atoms with Crippen LogP contribution in [0, 0.1) is 0 Å². The molecule has 0 radical (unpaired) electrons. The number of imidazole rings is 1. The molecule has 2 rings (SSSR count). The first-order valence-corrected chi connectivity index (χ1v) is 7.62. The number of primary amides is 1. The van der Waals surface area contributed by atoms with Crippen LogP contribution >= 0.6 is 23.4 Å². The number of amides is 1. The first-order valence-electron chi connectivity index (χ1n) is 6.26. The number of carboxylic acid groups (broad SMARTS) is 1. The fourth-order valence-corrected chi connectivity index (χ4v) is 2.87. The van der Waals surface area contributed by atoms with Gasteiger partial charge in [0.25, 0.3) is 0 Å². The molecular weight excluding hydrogens is 314 g/mol. The lowest BCUT2D eigenvalue weighted by Crippen LogP contribution is -2.12. The molecule has 0 saturated heterocycles. The van der Waals surface area contributed by atoms with Gasteiger partial charge in [-0.3, -0.25) is 9.59 Å². The van der Waals surface area contributed by atoms with Crippen molar-refractivity contribution in [2.45, 2.75) is 24.5 Å². The number of nitrogens with zero attached hydrogens (tertiary/aromatic N) is 2. The highest BCUT2D eigenvalue weighted by molar-refractivity contribution is 7.99. The Balaban J connectivity index is 2.30. The van der Waals surface area contributed by atoms with Gasteiger partial charge in [0, 0.05) is 18.0 Å². The summed E-state index contributed by atoms with van der Waals surface area (Å²) in [6.07, 6.45) is 0.831. The van der Waals surface area contributed by atoms with E-state index in [9.17, 15) is 9.59 Å². The van der Waals surface area contributed by atoms with Crippen LogP contribution in [0.1, 0.15) is 12.8 Å². The van der Waals surface area contributed by atoms with E-state index in [1.165, 1.54) is 0 Å². The first-order chi connectivity index (χ1) is 9.97. The van der Waals surface area contributed by atoms with Gasteiger partial charge < -0.3 is 15.4 Å². The van der Waals surface area contributed by atoms with Crippen LogP contribution in [-0.4, -0.2) is 32.3 Å². The van der Waals surface area contributed by atoms with Crippen LogP contribution in [0.25, 0.3) is 11.0 Å². The number of carbonyl (C=O) groups is 2. The number of halogens is 1. The fraction of sp³-hybridized carbons (Fsp3) is 0.308. The van der Waals surface area contributed by atoms with Gasteiger partial charge in [0.2, 0.25) is 5.91 Å². The molecule has 3 N–H and O–H groups in total. The minimum Gasteiger partial charge on any atom is -0.481 e. The SMILES string of the molecule is NC(=O)CCCn1c(SCC(=O)O)nc2ccc(Cl)cc21. The van der Waals surface area contributed by atoms with Crippen molar-refractivity contribution < 1.29 is 14.7 Å². The van der Waals surface area contributed by atoms with E-state index in [4.69, 9.17) is 22.4 Å². The Hall–Kier alpha value is -1.73. The normalized spacial score (nSPS) is 10.9. The van der Waals surface area contributed by atoms with Crippen molar-refractivity contribution in [1.82, 2.24) is 9.55 Å². The summed E-state index contributed by atoms with van der Waals surface area (Å²) in [5.74, 6) is -1.35. The molecule has 0 aliphatic carbocycles. The van der Waals surface area contributed by atoms with Gasteiger partial charge in [-0.25, -0.2) is 4.98 Å². The molecule has 0 saturated carbocycles. The summed E-state index contributed by atoms with van der Waals surface area (Å²) < 4.78 is 1.87. The summed E-state index contributed by atoms with van der Waals surface area (Å²) in [5.41, 5.74) is 6.70. The molecule has 112 valence electrons. The van der Waals surface area contributed by atoms with Crippen LogP contribution in [0.4, 0.5) is 0 Å². The van der Waals surface area contributed by atoms with Crippen molar-refractivity contribution in [1.29, 1.82) is 0 Å². The molecule has 2 aromatic rings. The molecule has 8 heteroatoms. The molecular formula is C13H14ClN3O3S. The predicted molar refractivity (Wildman–Crippen MR) is 81.5 cm³/mol. The lowest BCUT2D eigenvalue weighted by atomic mass is 10.3. The molecule has 0 spiro atoms. The number of thioether (sulfide) groups is 1. The smallest absolute Gasteiger partial charge is 0.313 e. The van der Waals surface area contributed by atoms with E-state index < -0.39 is 5.97 Å². The van der Waals surface area contributed by atoms with Gasteiger partial charge in [0.15, 0.2) is 5.16 Å². The highest BCUT2D eigenvalue weighted by Crippen LogP contribution is 2.26. The largest absolute Gasteiger partial charge is 0.481 e. The van der Waals surface area contributed by atoms with E-state index in [1.54, 1.807) is 18.2 Å². The Bertz CT molecular complexity index is 687. The average Bonchev–Trinajstić information content (AvgIpc) is 2.74. The molecule has 0 aliphatic rings. The summed E-state index contributed by atoms with van der Waals surface area (Å²) in [6.45, 7) is 0.529. The molecule has 6 nitrogen and oxygen atoms in total. The molecule has 0 bridgehead atoms. The van der Waals surface area contributed by atoms with E-state index in [2.05, 4.69) is 4.98 Å². The summed E-state index contributed by atoms with van der Waals surface area (Å²) in [4.78, 5) is 26.0. The molecule has 21 heavy (non-hydrogen) atoms. The number of aryl methyl sites for hydroxylation is 1. The van der Waals surface area contributed by atoms with Crippen LogP contribution in [0.3, 0.4) is 0 Å². The van der Waals surface area contributed by atoms with Crippen molar-refractivity contribution in [3.05, 3.63) is 23.2 Å². The zero-order valence-electron chi connectivity index (χ0n) is 11.1. The number of carbonyl (C=O) groups excluding carboxylic acids is 1. The Morgan fingerprint density at radius 2 is 2.19 bits per heavy atom. The summed E-state index contributed by atoms with van der Waals surface area (Å²) in [5, 5.41) is 9.97. The fourth-order valence-electron chi connectivity index (χ4n) is 1.94. The second kappa shape index (κ2) is 6.82. The number of benzene rings is 1. The summed E-state index contributed by atoms with van der Waals surface area (Å²) >= 11 is 7.13. The third-order valence-corrected chi connectivity index (χ3v) is 4.00. The minimum absolute atomic E-state index is 0.0765. The third kappa shape index (κ3) is 4.12. The number of aromatic nitrogens is 2. The number of rotatable bonds is 7. The number of hydrogen-bond acceptors (Lipinski definition) is 4. The topological polar surface area (TPSA) is 98.2 Å². The first kappa shape index (κ1) is 15.7. The van der Waals surface area contributed by atoms with Gasteiger partial charge >= 0.3 is 5.97 Å². The number of fused-ring (bicyclic) bond motifs is 1. The van der Waals surface area contributed by atoms with Crippen LogP contribution in [0.15, 0.2) is 23.4 Å². The summed E-state index contributed by atoms with van der Waals surface area (Å²) in [6, 6.07) is 5.29. The number of nitrogens with two attached hydrogens (primary N) is 1. The van der Waals surface area contributed by atoms with Gasteiger partial charge in [0.05, 0.1) is 16.8 Å². The molecule has 1 aromatic carbocycles. The predicted octanol–water partition coefficient (Wildman–Crippen LogP) is 2.13. The molecule has 1 aromatic heterocycles. The van der Waals surface area contributed by atoms with Crippen LogP contribution in [0.2, 0.25) is 5.02 Å². The van der Waals surface area contributed by atoms with Crippen molar-refractivity contribution in [3.63, 3.8) is 0 Å². The van der Waals surface area contributed by atoms with Crippen molar-refractivity contribution in [2.75, 3.05) is 5.75 Å². The van der Waals surface area contributed by atoms with E-state index in [1.807, 2.05) is 4.57 Å². The standard InChI is InChI=1S/C13H14ClN3O3S/c14-8-3-4-9-10(6-8)17(5-1-2-11(15)18)13(16-9)21-7-12(19)20/h3-4,6H,1-2,5,7H2,(H2,15,18)(H,19,20). The lowest BCUT2D eigenvalue weighted by Gasteiger charge is -2.07. The second-order valence-electron chi connectivity index (χ2n) is 4.43. The molecule has 1 amide bonds.